The number of hydrogen-bond acceptors (Lipinski definition) is 3. The molecule has 0 radical (unpaired) electrons. The molecule has 3 nitrogen and oxygen atoms in total. The van der Waals surface area contributed by atoms with Gasteiger partial charge in [0.1, 0.15) is 5.76 Å². The SMILES string of the molecule is Brc1ccccc1-c1ncc(C2CCNC2)o1. The summed E-state index contributed by atoms with van der Waals surface area (Å²) in [6, 6.07) is 7.97. The van der Waals surface area contributed by atoms with E-state index in [1.807, 2.05) is 30.5 Å². The van der Waals surface area contributed by atoms with Crippen LogP contribution in [0.3, 0.4) is 0 Å². The van der Waals surface area contributed by atoms with Crippen molar-refractivity contribution in [3.05, 3.63) is 40.7 Å². The van der Waals surface area contributed by atoms with E-state index in [0.29, 0.717) is 11.8 Å². The van der Waals surface area contributed by atoms with Crippen LogP contribution < -0.4 is 5.32 Å². The van der Waals surface area contributed by atoms with Gasteiger partial charge in [-0.1, -0.05) is 12.1 Å². The van der Waals surface area contributed by atoms with Crippen LogP contribution in [0.5, 0.6) is 0 Å². The lowest BCUT2D eigenvalue weighted by Gasteiger charge is -2.02. The van der Waals surface area contributed by atoms with Crippen LogP contribution in [-0.4, -0.2) is 18.1 Å². The summed E-state index contributed by atoms with van der Waals surface area (Å²) in [5, 5.41) is 3.33. The van der Waals surface area contributed by atoms with Gasteiger partial charge in [0.25, 0.3) is 0 Å². The molecule has 0 aliphatic carbocycles. The zero-order valence-corrected chi connectivity index (χ0v) is 10.9. The molecule has 1 aliphatic rings. The highest BCUT2D eigenvalue weighted by molar-refractivity contribution is 9.10. The molecule has 1 aromatic heterocycles. The van der Waals surface area contributed by atoms with Gasteiger partial charge < -0.3 is 9.73 Å². The van der Waals surface area contributed by atoms with Crippen LogP contribution in [0, 0.1) is 0 Å². The Morgan fingerprint density at radius 3 is 3.00 bits per heavy atom. The highest BCUT2D eigenvalue weighted by Crippen LogP contribution is 2.30. The molecular weight excluding hydrogens is 280 g/mol. The molecular formula is C13H13BrN2O. The predicted octanol–water partition coefficient (Wildman–Crippen LogP) is 3.18. The number of nitrogens with zero attached hydrogens (tertiary/aromatic N) is 1. The van der Waals surface area contributed by atoms with Crippen molar-refractivity contribution < 1.29 is 4.42 Å². The van der Waals surface area contributed by atoms with E-state index in [0.717, 1.165) is 35.3 Å². The molecule has 1 unspecified atom stereocenters. The van der Waals surface area contributed by atoms with Crippen molar-refractivity contribution in [2.75, 3.05) is 13.1 Å². The molecule has 1 atom stereocenters. The molecule has 0 amide bonds. The van der Waals surface area contributed by atoms with E-state index < -0.39 is 0 Å². The molecule has 1 aromatic carbocycles. The molecule has 0 saturated carbocycles. The maximum atomic E-state index is 5.85. The lowest BCUT2D eigenvalue weighted by molar-refractivity contribution is 0.481. The third-order valence-electron chi connectivity index (χ3n) is 3.09. The van der Waals surface area contributed by atoms with Crippen LogP contribution in [0.1, 0.15) is 18.1 Å². The van der Waals surface area contributed by atoms with Crippen molar-refractivity contribution in [2.45, 2.75) is 12.3 Å². The fourth-order valence-corrected chi connectivity index (χ4v) is 2.59. The summed E-state index contributed by atoms with van der Waals surface area (Å²) in [5.74, 6) is 2.15. The smallest absolute Gasteiger partial charge is 0.227 e. The number of nitrogens with one attached hydrogen (secondary N) is 1. The van der Waals surface area contributed by atoms with Gasteiger partial charge in [0, 0.05) is 16.9 Å². The molecule has 1 aliphatic heterocycles. The maximum Gasteiger partial charge on any atom is 0.227 e. The Morgan fingerprint density at radius 2 is 2.24 bits per heavy atom. The van der Waals surface area contributed by atoms with Crippen molar-refractivity contribution in [3.63, 3.8) is 0 Å². The predicted molar refractivity (Wildman–Crippen MR) is 69.9 cm³/mol. The molecule has 17 heavy (non-hydrogen) atoms. The molecule has 1 saturated heterocycles. The standard InChI is InChI=1S/C13H13BrN2O/c14-11-4-2-1-3-10(11)13-16-8-12(17-13)9-5-6-15-7-9/h1-4,8-9,15H,5-7H2. The molecule has 88 valence electrons. The van der Waals surface area contributed by atoms with Gasteiger partial charge >= 0.3 is 0 Å². The van der Waals surface area contributed by atoms with Crippen molar-refractivity contribution in [3.8, 4) is 11.5 Å². The molecule has 1 N–H and O–H groups in total. The van der Waals surface area contributed by atoms with E-state index in [9.17, 15) is 0 Å². The lowest BCUT2D eigenvalue weighted by Crippen LogP contribution is -2.07. The van der Waals surface area contributed by atoms with Crippen molar-refractivity contribution >= 4 is 15.9 Å². The van der Waals surface area contributed by atoms with E-state index in [4.69, 9.17) is 4.42 Å². The van der Waals surface area contributed by atoms with Crippen LogP contribution in [0.4, 0.5) is 0 Å². The molecule has 2 heterocycles. The number of halogens is 1. The minimum Gasteiger partial charge on any atom is -0.441 e. The Labute approximate surface area is 108 Å². The monoisotopic (exact) mass is 292 g/mol. The summed E-state index contributed by atoms with van der Waals surface area (Å²) in [4.78, 5) is 4.37. The van der Waals surface area contributed by atoms with Crippen LogP contribution in [-0.2, 0) is 0 Å². The molecule has 0 bridgehead atoms. The Bertz CT molecular complexity index is 518. The number of rotatable bonds is 2. The van der Waals surface area contributed by atoms with E-state index >= 15 is 0 Å². The summed E-state index contributed by atoms with van der Waals surface area (Å²) in [5.41, 5.74) is 1.00. The summed E-state index contributed by atoms with van der Waals surface area (Å²) in [6.45, 7) is 2.06. The molecule has 4 heteroatoms. The Morgan fingerprint density at radius 1 is 1.35 bits per heavy atom. The van der Waals surface area contributed by atoms with Crippen molar-refractivity contribution in [1.82, 2.24) is 10.3 Å². The summed E-state index contributed by atoms with van der Waals surface area (Å²) >= 11 is 3.51. The Hall–Kier alpha value is -1.13. The quantitative estimate of drug-likeness (QED) is 0.924. The summed E-state index contributed by atoms with van der Waals surface area (Å²) in [6.07, 6.45) is 2.98. The van der Waals surface area contributed by atoms with E-state index in [2.05, 4.69) is 26.2 Å². The van der Waals surface area contributed by atoms with Crippen LogP contribution in [0.2, 0.25) is 0 Å². The normalized spacial score (nSPS) is 19.7. The van der Waals surface area contributed by atoms with E-state index in [-0.39, 0.29) is 0 Å². The van der Waals surface area contributed by atoms with Crippen LogP contribution in [0.25, 0.3) is 11.5 Å². The van der Waals surface area contributed by atoms with Gasteiger partial charge in [0.15, 0.2) is 0 Å². The van der Waals surface area contributed by atoms with Gasteiger partial charge in [0.2, 0.25) is 5.89 Å². The Kier molecular flexibility index (Phi) is 2.99. The first kappa shape index (κ1) is 11.0. The highest BCUT2D eigenvalue weighted by Gasteiger charge is 2.21. The second-order valence-electron chi connectivity index (χ2n) is 4.24. The second kappa shape index (κ2) is 4.63. The first-order valence-electron chi connectivity index (χ1n) is 5.76. The molecule has 2 aromatic rings. The minimum atomic E-state index is 0.471. The zero-order valence-electron chi connectivity index (χ0n) is 9.32. The van der Waals surface area contributed by atoms with Gasteiger partial charge in [0.05, 0.1) is 11.8 Å². The third kappa shape index (κ3) is 2.15. The fraction of sp³-hybridized carbons (Fsp3) is 0.308. The first-order chi connectivity index (χ1) is 8.34. The first-order valence-corrected chi connectivity index (χ1v) is 6.55. The largest absolute Gasteiger partial charge is 0.441 e. The van der Waals surface area contributed by atoms with E-state index in [1.54, 1.807) is 0 Å². The average molecular weight is 293 g/mol. The molecule has 0 spiro atoms. The maximum absolute atomic E-state index is 5.85. The average Bonchev–Trinajstić information content (AvgIpc) is 3.00. The Balaban J connectivity index is 1.92. The van der Waals surface area contributed by atoms with Crippen molar-refractivity contribution in [1.29, 1.82) is 0 Å². The van der Waals surface area contributed by atoms with Gasteiger partial charge in [-0.2, -0.15) is 0 Å². The summed E-state index contributed by atoms with van der Waals surface area (Å²) < 4.78 is 6.87. The number of oxazole rings is 1. The molecule has 1 fully saturated rings. The van der Waals surface area contributed by atoms with Gasteiger partial charge in [-0.3, -0.25) is 0 Å². The number of hydrogen-bond donors (Lipinski definition) is 1. The second-order valence-corrected chi connectivity index (χ2v) is 5.09. The zero-order chi connectivity index (χ0) is 11.7. The van der Waals surface area contributed by atoms with Gasteiger partial charge in [-0.05, 0) is 41.0 Å². The lowest BCUT2D eigenvalue weighted by atomic mass is 10.1. The van der Waals surface area contributed by atoms with E-state index in [1.165, 1.54) is 0 Å². The topological polar surface area (TPSA) is 38.1 Å². The van der Waals surface area contributed by atoms with Crippen LogP contribution in [0.15, 0.2) is 39.4 Å². The van der Waals surface area contributed by atoms with Gasteiger partial charge in [-0.25, -0.2) is 4.98 Å². The number of aromatic nitrogens is 1. The van der Waals surface area contributed by atoms with Crippen LogP contribution >= 0.6 is 15.9 Å². The number of benzene rings is 1. The summed E-state index contributed by atoms with van der Waals surface area (Å²) in [7, 11) is 0. The highest BCUT2D eigenvalue weighted by atomic mass is 79.9. The fourth-order valence-electron chi connectivity index (χ4n) is 2.13. The molecule has 3 rings (SSSR count). The third-order valence-corrected chi connectivity index (χ3v) is 3.78. The minimum absolute atomic E-state index is 0.471. The van der Waals surface area contributed by atoms with Crippen molar-refractivity contribution in [2.24, 2.45) is 0 Å². The van der Waals surface area contributed by atoms with Gasteiger partial charge in [-0.15, -0.1) is 0 Å².